The second-order valence-electron chi connectivity index (χ2n) is 3.20. The first kappa shape index (κ1) is 10.5. The van der Waals surface area contributed by atoms with E-state index in [4.69, 9.17) is 9.47 Å². The van der Waals surface area contributed by atoms with Crippen molar-refractivity contribution in [3.05, 3.63) is 42.6 Å². The smallest absolute Gasteiger partial charge is 0.161 e. The zero-order valence-electron chi connectivity index (χ0n) is 9.23. The van der Waals surface area contributed by atoms with Crippen LogP contribution in [0.3, 0.4) is 0 Å². The number of hydrogen-bond donors (Lipinski definition) is 0. The highest BCUT2D eigenvalue weighted by atomic mass is 16.5. The normalized spacial score (nSPS) is 9.88. The quantitative estimate of drug-likeness (QED) is 0.786. The molecule has 0 amide bonds. The minimum atomic E-state index is 0.694. The third-order valence-electron chi connectivity index (χ3n) is 2.26. The van der Waals surface area contributed by atoms with Crippen LogP contribution in [0.25, 0.3) is 11.3 Å². The standard InChI is InChI=1S/C13H12NO2/c1-15-12-7-6-10(9-13(12)16-2)11-5-3-4-8-14-11/h3-4,6-9H,1-2H3. The molecule has 0 N–H and O–H groups in total. The number of rotatable bonds is 3. The summed E-state index contributed by atoms with van der Waals surface area (Å²) < 4.78 is 10.4. The maximum Gasteiger partial charge on any atom is 0.161 e. The van der Waals surface area contributed by atoms with Gasteiger partial charge in [-0.15, -0.1) is 0 Å². The third kappa shape index (κ3) is 1.98. The number of hydrogen-bond acceptors (Lipinski definition) is 3. The van der Waals surface area contributed by atoms with Crippen LogP contribution in [-0.2, 0) is 0 Å². The number of methoxy groups -OCH3 is 2. The van der Waals surface area contributed by atoms with E-state index in [0.717, 1.165) is 11.3 Å². The Morgan fingerprint density at radius 1 is 1.12 bits per heavy atom. The van der Waals surface area contributed by atoms with Crippen molar-refractivity contribution in [2.75, 3.05) is 14.2 Å². The van der Waals surface area contributed by atoms with Crippen molar-refractivity contribution in [3.8, 4) is 22.8 Å². The first-order valence-electron chi connectivity index (χ1n) is 4.90. The predicted octanol–water partition coefficient (Wildman–Crippen LogP) is 2.57. The van der Waals surface area contributed by atoms with Crippen LogP contribution in [-0.4, -0.2) is 19.2 Å². The Bertz CT molecular complexity index is 469. The topological polar surface area (TPSA) is 31.4 Å². The highest BCUT2D eigenvalue weighted by Crippen LogP contribution is 2.31. The van der Waals surface area contributed by atoms with Crippen LogP contribution in [0.4, 0.5) is 0 Å². The van der Waals surface area contributed by atoms with Gasteiger partial charge in [0.2, 0.25) is 0 Å². The van der Waals surface area contributed by atoms with Gasteiger partial charge >= 0.3 is 0 Å². The fourth-order valence-electron chi connectivity index (χ4n) is 1.47. The summed E-state index contributed by atoms with van der Waals surface area (Å²) in [6, 6.07) is 12.4. The summed E-state index contributed by atoms with van der Waals surface area (Å²) in [4.78, 5) is 4.23. The molecule has 0 aliphatic rings. The Morgan fingerprint density at radius 2 is 1.94 bits per heavy atom. The van der Waals surface area contributed by atoms with Crippen molar-refractivity contribution in [2.45, 2.75) is 0 Å². The molecule has 0 aliphatic carbocycles. The lowest BCUT2D eigenvalue weighted by atomic mass is 10.1. The van der Waals surface area contributed by atoms with Crippen LogP contribution in [0.1, 0.15) is 0 Å². The largest absolute Gasteiger partial charge is 0.493 e. The lowest BCUT2D eigenvalue weighted by molar-refractivity contribution is 0.355. The second-order valence-corrected chi connectivity index (χ2v) is 3.20. The van der Waals surface area contributed by atoms with Crippen molar-refractivity contribution in [1.82, 2.24) is 4.98 Å². The minimum absolute atomic E-state index is 0.694. The van der Waals surface area contributed by atoms with Crippen molar-refractivity contribution >= 4 is 0 Å². The van der Waals surface area contributed by atoms with E-state index in [9.17, 15) is 0 Å². The molecule has 2 aromatic rings. The van der Waals surface area contributed by atoms with Crippen LogP contribution in [0.15, 0.2) is 36.5 Å². The Kier molecular flexibility index (Phi) is 3.05. The van der Waals surface area contributed by atoms with Gasteiger partial charge in [0, 0.05) is 17.8 Å². The van der Waals surface area contributed by atoms with Gasteiger partial charge in [0.05, 0.1) is 19.9 Å². The van der Waals surface area contributed by atoms with Crippen LogP contribution >= 0.6 is 0 Å². The van der Waals surface area contributed by atoms with Gasteiger partial charge in [-0.3, -0.25) is 4.98 Å². The molecule has 2 rings (SSSR count). The number of pyridine rings is 1. The molecule has 0 bridgehead atoms. The molecule has 1 aromatic heterocycles. The van der Waals surface area contributed by atoms with E-state index in [1.165, 1.54) is 0 Å². The summed E-state index contributed by atoms with van der Waals surface area (Å²) in [5, 5.41) is 0. The summed E-state index contributed by atoms with van der Waals surface area (Å²) in [5.74, 6) is 1.40. The average molecular weight is 214 g/mol. The molecular formula is C13H12NO2. The summed E-state index contributed by atoms with van der Waals surface area (Å²) in [6.07, 6.45) is 1.74. The first-order chi connectivity index (χ1) is 7.85. The number of ether oxygens (including phenoxy) is 2. The summed E-state index contributed by atoms with van der Waals surface area (Å²) in [5.41, 5.74) is 1.75. The molecule has 0 aliphatic heterocycles. The van der Waals surface area contributed by atoms with E-state index >= 15 is 0 Å². The molecule has 0 unspecified atom stereocenters. The summed E-state index contributed by atoms with van der Waals surface area (Å²) >= 11 is 0. The van der Waals surface area contributed by atoms with Gasteiger partial charge in [0.15, 0.2) is 11.5 Å². The molecular weight excluding hydrogens is 202 g/mol. The Labute approximate surface area is 94.7 Å². The molecule has 0 spiro atoms. The third-order valence-corrected chi connectivity index (χ3v) is 2.26. The van der Waals surface area contributed by atoms with Gasteiger partial charge in [0.1, 0.15) is 0 Å². The Morgan fingerprint density at radius 3 is 2.56 bits per heavy atom. The number of nitrogens with zero attached hydrogens (tertiary/aromatic N) is 1. The van der Waals surface area contributed by atoms with E-state index in [2.05, 4.69) is 11.1 Å². The SMILES string of the molecule is COc1ccc(-c2[c]cccn2)cc1OC. The van der Waals surface area contributed by atoms with Crippen molar-refractivity contribution < 1.29 is 9.47 Å². The molecule has 16 heavy (non-hydrogen) atoms. The van der Waals surface area contributed by atoms with E-state index in [1.54, 1.807) is 20.4 Å². The molecule has 0 atom stereocenters. The Hall–Kier alpha value is -2.03. The maximum absolute atomic E-state index is 5.23. The van der Waals surface area contributed by atoms with Gasteiger partial charge < -0.3 is 9.47 Å². The van der Waals surface area contributed by atoms with Crippen LogP contribution in [0.5, 0.6) is 11.5 Å². The highest BCUT2D eigenvalue weighted by Gasteiger charge is 2.06. The molecule has 0 saturated carbocycles. The molecule has 1 heterocycles. The minimum Gasteiger partial charge on any atom is -0.493 e. The van der Waals surface area contributed by atoms with E-state index in [0.29, 0.717) is 11.5 Å². The number of benzene rings is 1. The van der Waals surface area contributed by atoms with Crippen molar-refractivity contribution in [2.24, 2.45) is 0 Å². The molecule has 3 heteroatoms. The zero-order valence-corrected chi connectivity index (χ0v) is 9.23. The molecule has 0 saturated heterocycles. The van der Waals surface area contributed by atoms with E-state index in [-0.39, 0.29) is 0 Å². The van der Waals surface area contributed by atoms with Crippen LogP contribution in [0, 0.1) is 6.07 Å². The van der Waals surface area contributed by atoms with Gasteiger partial charge in [-0.1, -0.05) is 6.07 Å². The summed E-state index contributed by atoms with van der Waals surface area (Å²) in [6.45, 7) is 0. The molecule has 81 valence electrons. The predicted molar refractivity (Wildman–Crippen MR) is 61.6 cm³/mol. The van der Waals surface area contributed by atoms with Gasteiger partial charge in [0.25, 0.3) is 0 Å². The summed E-state index contributed by atoms with van der Waals surface area (Å²) in [7, 11) is 3.23. The first-order valence-corrected chi connectivity index (χ1v) is 4.90. The average Bonchev–Trinajstić information content (AvgIpc) is 2.39. The van der Waals surface area contributed by atoms with Crippen molar-refractivity contribution in [3.63, 3.8) is 0 Å². The second kappa shape index (κ2) is 4.66. The molecule has 0 fully saturated rings. The van der Waals surface area contributed by atoms with E-state index in [1.807, 2.05) is 30.3 Å². The van der Waals surface area contributed by atoms with Gasteiger partial charge in [-0.2, -0.15) is 0 Å². The lowest BCUT2D eigenvalue weighted by Crippen LogP contribution is -1.91. The molecule has 1 aromatic carbocycles. The van der Waals surface area contributed by atoms with Crippen LogP contribution in [0.2, 0.25) is 0 Å². The Balaban J connectivity index is 2.44. The zero-order chi connectivity index (χ0) is 11.4. The lowest BCUT2D eigenvalue weighted by Gasteiger charge is -2.08. The number of aromatic nitrogens is 1. The molecule has 3 nitrogen and oxygen atoms in total. The van der Waals surface area contributed by atoms with Gasteiger partial charge in [-0.25, -0.2) is 0 Å². The fraction of sp³-hybridized carbons (Fsp3) is 0.154. The van der Waals surface area contributed by atoms with Gasteiger partial charge in [-0.05, 0) is 24.3 Å². The maximum atomic E-state index is 5.23. The monoisotopic (exact) mass is 214 g/mol. The van der Waals surface area contributed by atoms with E-state index < -0.39 is 0 Å². The van der Waals surface area contributed by atoms with Crippen LogP contribution < -0.4 is 9.47 Å². The molecule has 1 radical (unpaired) electrons. The fourth-order valence-corrected chi connectivity index (χ4v) is 1.47. The van der Waals surface area contributed by atoms with Crippen molar-refractivity contribution in [1.29, 1.82) is 0 Å². The highest BCUT2D eigenvalue weighted by molar-refractivity contribution is 5.63.